The summed E-state index contributed by atoms with van der Waals surface area (Å²) in [5, 5.41) is 11.7. The van der Waals surface area contributed by atoms with Crippen molar-refractivity contribution in [2.75, 3.05) is 19.6 Å². The predicted octanol–water partition coefficient (Wildman–Crippen LogP) is -0.894. The zero-order valence-electron chi connectivity index (χ0n) is 8.32. The van der Waals surface area contributed by atoms with E-state index in [1.807, 2.05) is 0 Å². The molecule has 1 atom stereocenters. The number of nitrogens with zero attached hydrogens (tertiary/aromatic N) is 1. The molecule has 1 fully saturated rings. The van der Waals surface area contributed by atoms with Gasteiger partial charge in [-0.3, -0.25) is 9.59 Å². The van der Waals surface area contributed by atoms with Crippen LogP contribution in [-0.2, 0) is 9.59 Å². The largest absolute Gasteiger partial charge is 0.393 e. The van der Waals surface area contributed by atoms with E-state index in [0.717, 1.165) is 0 Å². The number of rotatable bonds is 3. The van der Waals surface area contributed by atoms with E-state index >= 15 is 0 Å². The molecular weight excluding hydrogens is 184 g/mol. The molecule has 0 saturated carbocycles. The third-order valence-electron chi connectivity index (χ3n) is 2.17. The summed E-state index contributed by atoms with van der Waals surface area (Å²) >= 11 is 0. The predicted molar refractivity (Wildman–Crippen MR) is 50.5 cm³/mol. The summed E-state index contributed by atoms with van der Waals surface area (Å²) < 4.78 is 0. The fourth-order valence-corrected chi connectivity index (χ4v) is 1.34. The van der Waals surface area contributed by atoms with E-state index < -0.39 is 6.10 Å². The van der Waals surface area contributed by atoms with E-state index in [2.05, 4.69) is 5.32 Å². The Balaban J connectivity index is 2.32. The van der Waals surface area contributed by atoms with Crippen molar-refractivity contribution in [2.45, 2.75) is 25.9 Å². The van der Waals surface area contributed by atoms with Crippen LogP contribution in [0, 0.1) is 0 Å². The Morgan fingerprint density at radius 1 is 1.71 bits per heavy atom. The summed E-state index contributed by atoms with van der Waals surface area (Å²) in [6, 6.07) is 0. The number of nitrogens with one attached hydrogen (secondary N) is 1. The Bertz CT molecular complexity index is 228. The Labute approximate surface area is 83.1 Å². The number of carbonyl (C=O) groups is 2. The molecule has 5 nitrogen and oxygen atoms in total. The van der Waals surface area contributed by atoms with E-state index in [0.29, 0.717) is 25.9 Å². The summed E-state index contributed by atoms with van der Waals surface area (Å²) in [6.07, 6.45) is 0.305. The molecule has 2 amide bonds. The molecule has 14 heavy (non-hydrogen) atoms. The molecule has 1 aliphatic rings. The third kappa shape index (κ3) is 3.33. The van der Waals surface area contributed by atoms with Crippen LogP contribution in [0.3, 0.4) is 0 Å². The molecule has 2 N–H and O–H groups in total. The Morgan fingerprint density at radius 3 is 3.00 bits per heavy atom. The van der Waals surface area contributed by atoms with Crippen molar-refractivity contribution >= 4 is 11.8 Å². The maximum atomic E-state index is 11.5. The summed E-state index contributed by atoms with van der Waals surface area (Å²) in [4.78, 5) is 24.0. The minimum absolute atomic E-state index is 0.0549. The Hall–Kier alpha value is -1.10. The molecule has 0 aromatic heterocycles. The van der Waals surface area contributed by atoms with Gasteiger partial charge in [-0.2, -0.15) is 0 Å². The average Bonchev–Trinajstić information content (AvgIpc) is 2.14. The van der Waals surface area contributed by atoms with Gasteiger partial charge in [0.1, 0.15) is 0 Å². The molecule has 1 unspecified atom stereocenters. The number of hydrogen-bond donors (Lipinski definition) is 2. The lowest BCUT2D eigenvalue weighted by atomic mass is 10.2. The highest BCUT2D eigenvalue weighted by Crippen LogP contribution is 2.02. The molecule has 0 radical (unpaired) electrons. The molecule has 0 spiro atoms. The summed E-state index contributed by atoms with van der Waals surface area (Å²) in [6.45, 7) is 2.90. The normalized spacial score (nSPS) is 19.0. The van der Waals surface area contributed by atoms with Gasteiger partial charge in [0.25, 0.3) is 0 Å². The number of aliphatic hydroxyl groups excluding tert-OH is 1. The number of amides is 2. The van der Waals surface area contributed by atoms with Gasteiger partial charge < -0.3 is 15.3 Å². The van der Waals surface area contributed by atoms with Crippen LogP contribution in [0.4, 0.5) is 0 Å². The van der Waals surface area contributed by atoms with Crippen LogP contribution in [0.2, 0.25) is 0 Å². The second-order valence-electron chi connectivity index (χ2n) is 3.55. The van der Waals surface area contributed by atoms with Gasteiger partial charge >= 0.3 is 0 Å². The third-order valence-corrected chi connectivity index (χ3v) is 2.17. The van der Waals surface area contributed by atoms with E-state index in [1.54, 1.807) is 6.92 Å². The molecule has 1 saturated heterocycles. The van der Waals surface area contributed by atoms with Gasteiger partial charge in [0.2, 0.25) is 11.8 Å². The highest BCUT2D eigenvalue weighted by Gasteiger charge is 2.20. The molecule has 1 rings (SSSR count). The molecule has 0 aromatic carbocycles. The SMILES string of the molecule is CC(O)CCC(=O)N1CCNC(=O)C1. The Morgan fingerprint density at radius 2 is 2.43 bits per heavy atom. The van der Waals surface area contributed by atoms with Crippen molar-refractivity contribution in [3.05, 3.63) is 0 Å². The van der Waals surface area contributed by atoms with Crippen molar-refractivity contribution in [2.24, 2.45) is 0 Å². The number of carbonyl (C=O) groups excluding carboxylic acids is 2. The summed E-state index contributed by atoms with van der Waals surface area (Å²) in [5.41, 5.74) is 0. The molecule has 0 aromatic rings. The fourth-order valence-electron chi connectivity index (χ4n) is 1.34. The van der Waals surface area contributed by atoms with Crippen LogP contribution in [0.15, 0.2) is 0 Å². The number of hydrogen-bond acceptors (Lipinski definition) is 3. The van der Waals surface area contributed by atoms with E-state index in [-0.39, 0.29) is 18.4 Å². The Kier molecular flexibility index (Phi) is 3.88. The second kappa shape index (κ2) is 4.95. The van der Waals surface area contributed by atoms with Crippen LogP contribution >= 0.6 is 0 Å². The lowest BCUT2D eigenvalue weighted by Crippen LogP contribution is -2.50. The maximum absolute atomic E-state index is 11.5. The molecular formula is C9H16N2O3. The van der Waals surface area contributed by atoms with Gasteiger partial charge in [-0.05, 0) is 13.3 Å². The quantitative estimate of drug-likeness (QED) is 0.620. The monoisotopic (exact) mass is 200 g/mol. The zero-order valence-corrected chi connectivity index (χ0v) is 8.32. The van der Waals surface area contributed by atoms with Crippen molar-refractivity contribution in [3.8, 4) is 0 Å². The number of piperazine rings is 1. The van der Waals surface area contributed by atoms with Gasteiger partial charge in [0.05, 0.1) is 12.6 Å². The van der Waals surface area contributed by atoms with Crippen LogP contribution in [0.5, 0.6) is 0 Å². The first-order valence-corrected chi connectivity index (χ1v) is 4.82. The topological polar surface area (TPSA) is 69.6 Å². The smallest absolute Gasteiger partial charge is 0.239 e. The van der Waals surface area contributed by atoms with Gasteiger partial charge in [0.15, 0.2) is 0 Å². The fraction of sp³-hybridized carbons (Fsp3) is 0.778. The lowest BCUT2D eigenvalue weighted by molar-refractivity contribution is -0.138. The first kappa shape index (κ1) is 11.0. The highest BCUT2D eigenvalue weighted by molar-refractivity contribution is 5.85. The van der Waals surface area contributed by atoms with Crippen molar-refractivity contribution in [1.29, 1.82) is 0 Å². The molecule has 0 bridgehead atoms. The minimum atomic E-state index is -0.461. The standard InChI is InChI=1S/C9H16N2O3/c1-7(12)2-3-9(14)11-5-4-10-8(13)6-11/h7,12H,2-6H2,1H3,(H,10,13). The molecule has 0 aliphatic carbocycles. The molecule has 1 aliphatic heterocycles. The lowest BCUT2D eigenvalue weighted by Gasteiger charge is -2.26. The number of aliphatic hydroxyl groups is 1. The summed E-state index contributed by atoms with van der Waals surface area (Å²) in [5.74, 6) is -0.164. The highest BCUT2D eigenvalue weighted by atomic mass is 16.3. The van der Waals surface area contributed by atoms with E-state index in [1.165, 1.54) is 4.90 Å². The zero-order chi connectivity index (χ0) is 10.6. The first-order chi connectivity index (χ1) is 6.59. The molecule has 80 valence electrons. The van der Waals surface area contributed by atoms with Crippen LogP contribution < -0.4 is 5.32 Å². The summed E-state index contributed by atoms with van der Waals surface area (Å²) in [7, 11) is 0. The maximum Gasteiger partial charge on any atom is 0.239 e. The minimum Gasteiger partial charge on any atom is -0.393 e. The molecule has 5 heteroatoms. The van der Waals surface area contributed by atoms with Gasteiger partial charge in [0, 0.05) is 19.5 Å². The van der Waals surface area contributed by atoms with Crippen LogP contribution in [-0.4, -0.2) is 47.6 Å². The average molecular weight is 200 g/mol. The van der Waals surface area contributed by atoms with Crippen molar-refractivity contribution < 1.29 is 14.7 Å². The second-order valence-corrected chi connectivity index (χ2v) is 3.55. The van der Waals surface area contributed by atoms with Gasteiger partial charge in [-0.25, -0.2) is 0 Å². The first-order valence-electron chi connectivity index (χ1n) is 4.82. The van der Waals surface area contributed by atoms with E-state index in [4.69, 9.17) is 5.11 Å². The van der Waals surface area contributed by atoms with Crippen LogP contribution in [0.25, 0.3) is 0 Å². The van der Waals surface area contributed by atoms with Crippen molar-refractivity contribution in [3.63, 3.8) is 0 Å². The van der Waals surface area contributed by atoms with Crippen LogP contribution in [0.1, 0.15) is 19.8 Å². The molecule has 1 heterocycles. The van der Waals surface area contributed by atoms with E-state index in [9.17, 15) is 9.59 Å². The van der Waals surface area contributed by atoms with Crippen molar-refractivity contribution in [1.82, 2.24) is 10.2 Å². The van der Waals surface area contributed by atoms with Gasteiger partial charge in [-0.1, -0.05) is 0 Å². The van der Waals surface area contributed by atoms with Gasteiger partial charge in [-0.15, -0.1) is 0 Å².